The largest absolute Gasteiger partial charge is 0.481 e. The third-order valence-electron chi connectivity index (χ3n) is 2.70. The van der Waals surface area contributed by atoms with Crippen molar-refractivity contribution in [2.75, 3.05) is 0 Å². The van der Waals surface area contributed by atoms with Crippen LogP contribution in [-0.4, -0.2) is 11.9 Å². The molecule has 0 spiro atoms. The zero-order valence-corrected chi connectivity index (χ0v) is 14.5. The van der Waals surface area contributed by atoms with Crippen molar-refractivity contribution in [2.45, 2.75) is 13.0 Å². The minimum Gasteiger partial charge on any atom is -0.481 e. The third-order valence-corrected chi connectivity index (χ3v) is 4.08. The van der Waals surface area contributed by atoms with Gasteiger partial charge >= 0.3 is 0 Å². The molecule has 0 aromatic heterocycles. The molecule has 0 saturated carbocycles. The van der Waals surface area contributed by atoms with Crippen molar-refractivity contribution in [1.29, 1.82) is 0 Å². The molecule has 0 heterocycles. The smallest absolute Gasteiger partial charge is 0.202 e. The molecule has 0 aliphatic rings. The van der Waals surface area contributed by atoms with Crippen LogP contribution in [0.1, 0.15) is 17.3 Å². The van der Waals surface area contributed by atoms with E-state index in [1.54, 1.807) is 37.3 Å². The average Bonchev–Trinajstić information content (AvgIpc) is 2.42. The Morgan fingerprint density at radius 2 is 1.80 bits per heavy atom. The molecule has 0 bridgehead atoms. The normalized spacial score (nSPS) is 12.0. The van der Waals surface area contributed by atoms with Crippen molar-refractivity contribution >= 4 is 49.2 Å². The van der Waals surface area contributed by atoms with Gasteiger partial charge in [-0.15, -0.1) is 0 Å². The number of ether oxygens (including phenoxy) is 1. The molecule has 2 rings (SSSR count). The average molecular weight is 419 g/mol. The summed E-state index contributed by atoms with van der Waals surface area (Å²) in [6.07, 6.45) is -0.575. The van der Waals surface area contributed by atoms with E-state index < -0.39 is 6.10 Å². The molecule has 2 aromatic carbocycles. The van der Waals surface area contributed by atoms with Crippen molar-refractivity contribution in [2.24, 2.45) is 0 Å². The van der Waals surface area contributed by atoms with E-state index in [2.05, 4.69) is 31.9 Å². The maximum absolute atomic E-state index is 12.3. The summed E-state index contributed by atoms with van der Waals surface area (Å²) in [5, 5.41) is 0.608. The van der Waals surface area contributed by atoms with Gasteiger partial charge in [0.2, 0.25) is 5.78 Å². The molecule has 0 aliphatic heterocycles. The summed E-state index contributed by atoms with van der Waals surface area (Å²) >= 11 is 12.6. The van der Waals surface area contributed by atoms with Gasteiger partial charge < -0.3 is 4.74 Å². The van der Waals surface area contributed by atoms with Gasteiger partial charge in [-0.05, 0) is 53.2 Å². The van der Waals surface area contributed by atoms with Crippen LogP contribution in [0.4, 0.5) is 0 Å². The molecule has 0 fully saturated rings. The summed E-state index contributed by atoms with van der Waals surface area (Å²) in [5.41, 5.74) is 0.616. The van der Waals surface area contributed by atoms with Crippen LogP contribution in [0.25, 0.3) is 0 Å². The van der Waals surface area contributed by atoms with E-state index in [1.165, 1.54) is 0 Å². The molecule has 1 unspecified atom stereocenters. The molecule has 0 aliphatic carbocycles. The van der Waals surface area contributed by atoms with Crippen LogP contribution < -0.4 is 4.74 Å². The van der Waals surface area contributed by atoms with Gasteiger partial charge in [0.05, 0.1) is 4.47 Å². The van der Waals surface area contributed by atoms with Crippen LogP contribution in [0.3, 0.4) is 0 Å². The van der Waals surface area contributed by atoms with Crippen molar-refractivity contribution < 1.29 is 9.53 Å². The highest BCUT2D eigenvalue weighted by atomic mass is 79.9. The van der Waals surface area contributed by atoms with Crippen LogP contribution in [0.15, 0.2) is 51.4 Å². The van der Waals surface area contributed by atoms with E-state index in [0.29, 0.717) is 16.3 Å². The highest BCUT2D eigenvalue weighted by molar-refractivity contribution is 9.10. The number of ketones is 1. The lowest BCUT2D eigenvalue weighted by atomic mass is 10.1. The van der Waals surface area contributed by atoms with Crippen LogP contribution >= 0.6 is 43.5 Å². The summed E-state index contributed by atoms with van der Waals surface area (Å²) < 4.78 is 7.34. The zero-order valence-electron chi connectivity index (χ0n) is 10.6. The molecule has 0 N–H and O–H groups in total. The van der Waals surface area contributed by atoms with E-state index >= 15 is 0 Å². The Labute approximate surface area is 139 Å². The Hall–Kier alpha value is -0.840. The van der Waals surface area contributed by atoms with Crippen LogP contribution in [-0.2, 0) is 0 Å². The molecule has 2 aromatic rings. The Balaban J connectivity index is 2.13. The predicted molar refractivity (Wildman–Crippen MR) is 87.7 cm³/mol. The van der Waals surface area contributed by atoms with Gasteiger partial charge in [0.15, 0.2) is 6.10 Å². The highest BCUT2D eigenvalue weighted by Crippen LogP contribution is 2.29. The molecule has 0 saturated heterocycles. The van der Waals surface area contributed by atoms with Gasteiger partial charge in [0.25, 0.3) is 0 Å². The lowest BCUT2D eigenvalue weighted by molar-refractivity contribution is 0.0817. The first kappa shape index (κ1) is 15.5. The first-order chi connectivity index (χ1) is 9.47. The standard InChI is InChI=1S/C15H11Br2ClO2/c1-9(15(19)10-2-4-11(16)5-3-10)20-14-7-6-12(18)8-13(14)17/h2-9H,1H3. The van der Waals surface area contributed by atoms with Gasteiger partial charge in [-0.3, -0.25) is 4.79 Å². The van der Waals surface area contributed by atoms with E-state index in [0.717, 1.165) is 8.95 Å². The molecule has 20 heavy (non-hydrogen) atoms. The SMILES string of the molecule is CC(Oc1ccc(Cl)cc1Br)C(=O)c1ccc(Br)cc1. The number of Topliss-reactive ketones (excluding diaryl/α,β-unsaturated/α-hetero) is 1. The molecular weight excluding hydrogens is 407 g/mol. The number of carbonyl (C=O) groups is 1. The van der Waals surface area contributed by atoms with E-state index in [1.807, 2.05) is 12.1 Å². The van der Waals surface area contributed by atoms with Gasteiger partial charge in [0.1, 0.15) is 5.75 Å². The van der Waals surface area contributed by atoms with Crippen LogP contribution in [0, 0.1) is 0 Å². The summed E-state index contributed by atoms with van der Waals surface area (Å²) in [4.78, 5) is 12.3. The van der Waals surface area contributed by atoms with Crippen LogP contribution in [0.2, 0.25) is 5.02 Å². The monoisotopic (exact) mass is 416 g/mol. The van der Waals surface area contributed by atoms with E-state index in [4.69, 9.17) is 16.3 Å². The number of carbonyl (C=O) groups excluding carboxylic acids is 1. The van der Waals surface area contributed by atoms with Gasteiger partial charge in [-0.1, -0.05) is 39.7 Å². The topological polar surface area (TPSA) is 26.3 Å². The predicted octanol–water partition coefficient (Wildman–Crippen LogP) is 5.52. The van der Waals surface area contributed by atoms with Crippen molar-refractivity contribution in [3.8, 4) is 5.75 Å². The second kappa shape index (κ2) is 6.74. The van der Waals surface area contributed by atoms with Gasteiger partial charge in [-0.25, -0.2) is 0 Å². The quantitative estimate of drug-likeness (QED) is 0.612. The Morgan fingerprint density at radius 1 is 1.15 bits per heavy atom. The maximum Gasteiger partial charge on any atom is 0.202 e. The second-order valence-corrected chi connectivity index (χ2v) is 6.41. The Morgan fingerprint density at radius 3 is 2.40 bits per heavy atom. The lowest BCUT2D eigenvalue weighted by Crippen LogP contribution is -2.24. The first-order valence-corrected chi connectivity index (χ1v) is 7.85. The molecule has 0 amide bonds. The van der Waals surface area contributed by atoms with Gasteiger partial charge in [-0.2, -0.15) is 0 Å². The molecule has 1 atom stereocenters. The summed E-state index contributed by atoms with van der Waals surface area (Å²) in [7, 11) is 0. The third kappa shape index (κ3) is 3.84. The van der Waals surface area contributed by atoms with E-state index in [-0.39, 0.29) is 5.78 Å². The van der Waals surface area contributed by atoms with Crippen LogP contribution in [0.5, 0.6) is 5.75 Å². The fourth-order valence-corrected chi connectivity index (χ4v) is 2.70. The van der Waals surface area contributed by atoms with Crippen molar-refractivity contribution in [3.05, 3.63) is 62.0 Å². The second-order valence-electron chi connectivity index (χ2n) is 4.21. The summed E-state index contributed by atoms with van der Waals surface area (Å²) in [5.74, 6) is 0.520. The van der Waals surface area contributed by atoms with Crippen molar-refractivity contribution in [1.82, 2.24) is 0 Å². The summed E-state index contributed by atoms with van der Waals surface area (Å²) in [6.45, 7) is 1.73. The number of benzene rings is 2. The first-order valence-electron chi connectivity index (χ1n) is 5.89. The minimum absolute atomic E-state index is 0.0700. The molecular formula is C15H11Br2ClO2. The van der Waals surface area contributed by atoms with E-state index in [9.17, 15) is 4.79 Å². The molecule has 104 valence electrons. The molecule has 0 radical (unpaired) electrons. The Kier molecular flexibility index (Phi) is 5.24. The highest BCUT2D eigenvalue weighted by Gasteiger charge is 2.17. The Bertz CT molecular complexity index is 626. The number of hydrogen-bond donors (Lipinski definition) is 0. The lowest BCUT2D eigenvalue weighted by Gasteiger charge is -2.15. The zero-order chi connectivity index (χ0) is 14.7. The number of halogens is 3. The molecule has 5 heteroatoms. The van der Waals surface area contributed by atoms with Gasteiger partial charge in [0, 0.05) is 15.1 Å². The minimum atomic E-state index is -0.575. The number of hydrogen-bond acceptors (Lipinski definition) is 2. The fourth-order valence-electron chi connectivity index (χ4n) is 1.66. The summed E-state index contributed by atoms with van der Waals surface area (Å²) in [6, 6.07) is 12.4. The van der Waals surface area contributed by atoms with Crippen molar-refractivity contribution in [3.63, 3.8) is 0 Å². The number of rotatable bonds is 4. The maximum atomic E-state index is 12.3. The fraction of sp³-hybridized carbons (Fsp3) is 0.133. The molecule has 2 nitrogen and oxygen atoms in total.